The van der Waals surface area contributed by atoms with Crippen LogP contribution in [0, 0.1) is 0 Å². The monoisotopic (exact) mass is 304 g/mol. The number of hydrogen-bond donors (Lipinski definition) is 0. The second kappa shape index (κ2) is 5.52. The quantitative estimate of drug-likeness (QED) is 0.643. The molecular formula is C15H16N2O3S. The van der Waals surface area contributed by atoms with Crippen molar-refractivity contribution in [3.05, 3.63) is 34.6 Å². The summed E-state index contributed by atoms with van der Waals surface area (Å²) in [6, 6.07) is 7.26. The highest BCUT2D eigenvalue weighted by Gasteiger charge is 2.29. The molecule has 1 fully saturated rings. The third kappa shape index (κ3) is 2.55. The maximum Gasteiger partial charge on any atom is 0.319 e. The molecule has 0 aliphatic carbocycles. The Bertz CT molecular complexity index is 754. The summed E-state index contributed by atoms with van der Waals surface area (Å²) in [4.78, 5) is 28.9. The molecule has 1 aromatic carbocycles. The van der Waals surface area contributed by atoms with Gasteiger partial charge < -0.3 is 4.74 Å². The maximum atomic E-state index is 12.6. The molecule has 110 valence electrons. The number of carbonyl (C=O) groups excluding carboxylic acids is 1. The number of benzene rings is 1. The van der Waals surface area contributed by atoms with Gasteiger partial charge in [-0.25, -0.2) is 4.98 Å². The zero-order chi connectivity index (χ0) is 15.0. The van der Waals surface area contributed by atoms with Crippen molar-refractivity contribution in [3.8, 4) is 0 Å². The van der Waals surface area contributed by atoms with E-state index in [4.69, 9.17) is 4.74 Å². The smallest absolute Gasteiger partial charge is 0.319 e. The molecule has 21 heavy (non-hydrogen) atoms. The van der Waals surface area contributed by atoms with E-state index in [0.29, 0.717) is 29.1 Å². The molecule has 3 rings (SSSR count). The summed E-state index contributed by atoms with van der Waals surface area (Å²) in [6.07, 6.45) is 0.657. The highest BCUT2D eigenvalue weighted by molar-refractivity contribution is 8.00. The van der Waals surface area contributed by atoms with Crippen LogP contribution in [0.5, 0.6) is 0 Å². The van der Waals surface area contributed by atoms with Crippen LogP contribution in [0.15, 0.2) is 34.2 Å². The number of thioether (sulfide) groups is 1. The Morgan fingerprint density at radius 1 is 1.33 bits per heavy atom. The van der Waals surface area contributed by atoms with Crippen LogP contribution in [0.25, 0.3) is 10.9 Å². The van der Waals surface area contributed by atoms with Gasteiger partial charge in [-0.3, -0.25) is 14.2 Å². The molecular weight excluding hydrogens is 288 g/mol. The lowest BCUT2D eigenvalue weighted by molar-refractivity contribution is -0.137. The molecule has 0 amide bonds. The zero-order valence-electron chi connectivity index (χ0n) is 11.9. The molecule has 5 nitrogen and oxygen atoms in total. The minimum absolute atomic E-state index is 0.0190. The summed E-state index contributed by atoms with van der Waals surface area (Å²) in [5, 5.41) is 0.908. The molecule has 2 aromatic rings. The van der Waals surface area contributed by atoms with Gasteiger partial charge in [0.15, 0.2) is 5.16 Å². The molecule has 6 heteroatoms. The second-order valence-corrected chi connectivity index (χ2v) is 6.41. The van der Waals surface area contributed by atoms with E-state index in [1.165, 1.54) is 11.8 Å². The first-order valence-corrected chi connectivity index (χ1v) is 7.80. The van der Waals surface area contributed by atoms with Gasteiger partial charge in [-0.05, 0) is 26.0 Å². The van der Waals surface area contributed by atoms with E-state index in [1.54, 1.807) is 10.6 Å². The number of nitrogens with zero attached hydrogens (tertiary/aromatic N) is 2. The number of hydrogen-bond acceptors (Lipinski definition) is 5. The number of carbonyl (C=O) groups is 1. The summed E-state index contributed by atoms with van der Waals surface area (Å²) < 4.78 is 6.63. The number of esters is 1. The number of fused-ring (bicyclic) bond motifs is 1. The number of para-hydroxylation sites is 1. The fraction of sp³-hybridized carbons (Fsp3) is 0.400. The normalized spacial score (nSPS) is 18.4. The van der Waals surface area contributed by atoms with Crippen LogP contribution in [-0.4, -0.2) is 27.4 Å². The average molecular weight is 304 g/mol. The van der Waals surface area contributed by atoms with Crippen molar-refractivity contribution in [2.75, 3.05) is 6.61 Å². The zero-order valence-corrected chi connectivity index (χ0v) is 12.7. The van der Waals surface area contributed by atoms with E-state index in [1.807, 2.05) is 32.0 Å². The average Bonchev–Trinajstić information content (AvgIpc) is 2.84. The maximum absolute atomic E-state index is 12.6. The van der Waals surface area contributed by atoms with Crippen LogP contribution >= 0.6 is 11.8 Å². The predicted octanol–water partition coefficient (Wildman–Crippen LogP) is 2.39. The Kier molecular flexibility index (Phi) is 3.71. The first kappa shape index (κ1) is 14.1. The molecule has 0 radical (unpaired) electrons. The first-order valence-electron chi connectivity index (χ1n) is 6.92. The third-order valence-electron chi connectivity index (χ3n) is 3.43. The van der Waals surface area contributed by atoms with Gasteiger partial charge >= 0.3 is 5.97 Å². The van der Waals surface area contributed by atoms with Gasteiger partial charge in [0.25, 0.3) is 5.56 Å². The Hall–Kier alpha value is -1.82. The largest absolute Gasteiger partial charge is 0.465 e. The van der Waals surface area contributed by atoms with Crippen LogP contribution in [0.4, 0.5) is 0 Å². The van der Waals surface area contributed by atoms with Crippen molar-refractivity contribution in [2.24, 2.45) is 0 Å². The number of ether oxygens (including phenoxy) is 1. The molecule has 0 spiro atoms. The van der Waals surface area contributed by atoms with Crippen molar-refractivity contribution in [1.82, 2.24) is 9.55 Å². The summed E-state index contributed by atoms with van der Waals surface area (Å²) in [5.41, 5.74) is 0.595. The standard InChI is InChI=1S/C15H16N2O3S/c1-9(2)17-13(18)10-5-3-4-6-11(10)16-15(17)21-12-7-8-20-14(12)19/h3-6,9,12H,7-8H2,1-2H3/t12-/m1/s1. The third-order valence-corrected chi connectivity index (χ3v) is 4.64. The fourth-order valence-electron chi connectivity index (χ4n) is 2.38. The van der Waals surface area contributed by atoms with Crippen molar-refractivity contribution in [2.45, 2.75) is 36.7 Å². The molecule has 0 N–H and O–H groups in total. The van der Waals surface area contributed by atoms with Crippen molar-refractivity contribution in [1.29, 1.82) is 0 Å². The number of aromatic nitrogens is 2. The molecule has 1 aliphatic rings. The SMILES string of the molecule is CC(C)n1c(S[C@@H]2CCOC2=O)nc2ccccc2c1=O. The van der Waals surface area contributed by atoms with Gasteiger partial charge in [-0.2, -0.15) is 0 Å². The van der Waals surface area contributed by atoms with Gasteiger partial charge in [0.1, 0.15) is 5.25 Å². The summed E-state index contributed by atoms with van der Waals surface area (Å²) in [5.74, 6) is -0.224. The van der Waals surface area contributed by atoms with Crippen molar-refractivity contribution >= 4 is 28.6 Å². The molecule has 1 saturated heterocycles. The van der Waals surface area contributed by atoms with Crippen molar-refractivity contribution in [3.63, 3.8) is 0 Å². The Morgan fingerprint density at radius 3 is 2.76 bits per heavy atom. The fourth-order valence-corrected chi connectivity index (χ4v) is 3.57. The Balaban J connectivity index is 2.13. The van der Waals surface area contributed by atoms with Crippen LogP contribution in [0.2, 0.25) is 0 Å². The van der Waals surface area contributed by atoms with Gasteiger partial charge in [-0.15, -0.1) is 0 Å². The lowest BCUT2D eigenvalue weighted by atomic mass is 10.2. The van der Waals surface area contributed by atoms with Crippen LogP contribution < -0.4 is 5.56 Å². The van der Waals surface area contributed by atoms with E-state index in [2.05, 4.69) is 4.98 Å². The van der Waals surface area contributed by atoms with Gasteiger partial charge in [0.05, 0.1) is 17.5 Å². The highest BCUT2D eigenvalue weighted by Crippen LogP contribution is 2.29. The van der Waals surface area contributed by atoms with Gasteiger partial charge in [-0.1, -0.05) is 23.9 Å². The van der Waals surface area contributed by atoms with Crippen LogP contribution in [0.1, 0.15) is 26.3 Å². The van der Waals surface area contributed by atoms with Gasteiger partial charge in [0.2, 0.25) is 0 Å². The number of cyclic esters (lactones) is 1. The molecule has 0 unspecified atom stereocenters. The predicted molar refractivity (Wildman–Crippen MR) is 81.6 cm³/mol. The Labute approximate surface area is 126 Å². The molecule has 1 atom stereocenters. The molecule has 2 heterocycles. The molecule has 0 saturated carbocycles. The molecule has 1 aromatic heterocycles. The van der Waals surface area contributed by atoms with E-state index in [0.717, 1.165) is 0 Å². The first-order chi connectivity index (χ1) is 10.1. The van der Waals surface area contributed by atoms with E-state index in [-0.39, 0.29) is 22.8 Å². The van der Waals surface area contributed by atoms with E-state index < -0.39 is 0 Å². The minimum Gasteiger partial charge on any atom is -0.465 e. The lowest BCUT2D eigenvalue weighted by Crippen LogP contribution is -2.26. The summed E-state index contributed by atoms with van der Waals surface area (Å²) >= 11 is 1.32. The molecule has 0 bridgehead atoms. The summed E-state index contributed by atoms with van der Waals surface area (Å²) in [7, 11) is 0. The van der Waals surface area contributed by atoms with Gasteiger partial charge in [0, 0.05) is 12.5 Å². The highest BCUT2D eigenvalue weighted by atomic mass is 32.2. The lowest BCUT2D eigenvalue weighted by Gasteiger charge is -2.17. The molecule has 1 aliphatic heterocycles. The number of rotatable bonds is 3. The second-order valence-electron chi connectivity index (χ2n) is 5.24. The topological polar surface area (TPSA) is 61.2 Å². The Morgan fingerprint density at radius 2 is 2.10 bits per heavy atom. The van der Waals surface area contributed by atoms with E-state index >= 15 is 0 Å². The van der Waals surface area contributed by atoms with Crippen LogP contribution in [0.3, 0.4) is 0 Å². The summed E-state index contributed by atoms with van der Waals surface area (Å²) in [6.45, 7) is 4.32. The van der Waals surface area contributed by atoms with Crippen molar-refractivity contribution < 1.29 is 9.53 Å². The van der Waals surface area contributed by atoms with E-state index in [9.17, 15) is 9.59 Å². The van der Waals surface area contributed by atoms with Crippen LogP contribution in [-0.2, 0) is 9.53 Å². The minimum atomic E-state index is -0.275.